The molecule has 0 N–H and O–H groups in total. The van der Waals surface area contributed by atoms with Crippen LogP contribution in [0.1, 0.15) is 224 Å². The molecule has 0 saturated carbocycles. The molecule has 0 heterocycles. The molecule has 2 heteroatoms. The van der Waals surface area contributed by atoms with Gasteiger partial charge in [0.15, 0.2) is 0 Å². The Morgan fingerprint density at radius 1 is 0.400 bits per heavy atom. The van der Waals surface area contributed by atoms with Crippen LogP contribution in [0.5, 0.6) is 0 Å². The van der Waals surface area contributed by atoms with E-state index in [9.17, 15) is 0 Å². The number of quaternary nitrogens is 1. The van der Waals surface area contributed by atoms with Crippen LogP contribution in [0.15, 0.2) is 30.3 Å². The molecule has 0 bridgehead atoms. The van der Waals surface area contributed by atoms with Gasteiger partial charge in [-0.3, -0.25) is 0 Å². The molecule has 1 nitrogen and oxygen atoms in total. The van der Waals surface area contributed by atoms with Gasteiger partial charge in [-0.15, -0.1) is 0 Å². The van der Waals surface area contributed by atoms with Gasteiger partial charge in [0, 0.05) is 12.0 Å². The summed E-state index contributed by atoms with van der Waals surface area (Å²) in [6.07, 6.45) is 44.7. The smallest absolute Gasteiger partial charge is 0.114 e. The van der Waals surface area contributed by atoms with Gasteiger partial charge >= 0.3 is 0 Å². The van der Waals surface area contributed by atoms with Crippen molar-refractivity contribution in [3.63, 3.8) is 0 Å². The zero-order valence-corrected chi connectivity index (χ0v) is 33.0. The lowest BCUT2D eigenvalue weighted by atomic mass is 9.96. The Labute approximate surface area is 295 Å². The summed E-state index contributed by atoms with van der Waals surface area (Å²) in [5, 5.41) is 0. The van der Waals surface area contributed by atoms with Gasteiger partial charge in [0.1, 0.15) is 6.04 Å². The standard InChI is InChI=1S/C43H82N.BrH/c1-5-7-9-11-13-15-17-19-21-22-24-26-28-30-32-37-41-44(3,4)43(42-38-34-33-35-39-42)40-36-31-29-27-25-23-20-18-16-14-12-10-8-6-2;/h33-35,38-39,43H,5-32,36-37,40-41H2,1-4H3;1H/q+1;/p-1. The molecule has 0 aliphatic carbocycles. The molecular formula is C43H82BrN. The Balaban J connectivity index is 0.0000194. The molecule has 0 fully saturated rings. The maximum Gasteiger partial charge on any atom is 0.114 e. The zero-order chi connectivity index (χ0) is 31.8. The van der Waals surface area contributed by atoms with Gasteiger partial charge in [-0.1, -0.05) is 218 Å². The van der Waals surface area contributed by atoms with Crippen LogP contribution in [-0.4, -0.2) is 25.1 Å². The average Bonchev–Trinajstić information content (AvgIpc) is 3.03. The Bertz CT molecular complexity index is 686. The maximum atomic E-state index is 2.51. The van der Waals surface area contributed by atoms with E-state index in [0.717, 1.165) is 4.48 Å². The second-order valence-electron chi connectivity index (χ2n) is 15.1. The first kappa shape index (κ1) is 44.7. The minimum absolute atomic E-state index is 0. The third-order valence-electron chi connectivity index (χ3n) is 10.4. The predicted octanol–water partition coefficient (Wildman–Crippen LogP) is 11.9. The lowest BCUT2D eigenvalue weighted by Crippen LogP contribution is -3.00. The molecule has 1 atom stereocenters. The summed E-state index contributed by atoms with van der Waals surface area (Å²) in [5.41, 5.74) is 1.56. The third-order valence-corrected chi connectivity index (χ3v) is 10.4. The number of unbranched alkanes of at least 4 members (excludes halogenated alkanes) is 28. The average molecular weight is 693 g/mol. The number of hydrogen-bond acceptors (Lipinski definition) is 0. The van der Waals surface area contributed by atoms with E-state index in [1.54, 1.807) is 5.56 Å². The van der Waals surface area contributed by atoms with Gasteiger partial charge in [-0.2, -0.15) is 0 Å². The van der Waals surface area contributed by atoms with E-state index in [1.165, 1.54) is 206 Å². The largest absolute Gasteiger partial charge is 1.00 e. The molecule has 266 valence electrons. The highest BCUT2D eigenvalue weighted by atomic mass is 79.9. The van der Waals surface area contributed by atoms with E-state index in [4.69, 9.17) is 0 Å². The van der Waals surface area contributed by atoms with Crippen molar-refractivity contribution in [2.24, 2.45) is 0 Å². The normalized spacial score (nSPS) is 12.4. The van der Waals surface area contributed by atoms with E-state index in [0.29, 0.717) is 6.04 Å². The highest BCUT2D eigenvalue weighted by Gasteiger charge is 2.28. The number of halogens is 1. The highest BCUT2D eigenvalue weighted by Crippen LogP contribution is 2.31. The zero-order valence-electron chi connectivity index (χ0n) is 31.4. The fourth-order valence-electron chi connectivity index (χ4n) is 7.35. The Morgan fingerprint density at radius 3 is 1.02 bits per heavy atom. The van der Waals surface area contributed by atoms with Crippen molar-refractivity contribution < 1.29 is 21.5 Å². The van der Waals surface area contributed by atoms with Gasteiger partial charge in [-0.05, 0) is 19.3 Å². The first-order valence-corrected chi connectivity index (χ1v) is 20.5. The molecule has 0 amide bonds. The van der Waals surface area contributed by atoms with E-state index >= 15 is 0 Å². The molecule has 1 aromatic carbocycles. The second kappa shape index (κ2) is 33.6. The minimum Gasteiger partial charge on any atom is -1.00 e. The van der Waals surface area contributed by atoms with Crippen LogP contribution in [0.2, 0.25) is 0 Å². The van der Waals surface area contributed by atoms with Crippen molar-refractivity contribution in [3.05, 3.63) is 35.9 Å². The predicted molar refractivity (Wildman–Crippen MR) is 201 cm³/mol. The Hall–Kier alpha value is -0.340. The summed E-state index contributed by atoms with van der Waals surface area (Å²) in [6.45, 7) is 5.94. The van der Waals surface area contributed by atoms with Crippen LogP contribution in [0.4, 0.5) is 0 Å². The van der Waals surface area contributed by atoms with E-state index in [-0.39, 0.29) is 17.0 Å². The summed E-state index contributed by atoms with van der Waals surface area (Å²) in [4.78, 5) is 0. The molecular weight excluding hydrogens is 610 g/mol. The van der Waals surface area contributed by atoms with Gasteiger partial charge in [-0.25, -0.2) is 0 Å². The van der Waals surface area contributed by atoms with E-state index < -0.39 is 0 Å². The number of benzene rings is 1. The van der Waals surface area contributed by atoms with Crippen molar-refractivity contribution >= 4 is 0 Å². The first-order chi connectivity index (χ1) is 21.6. The maximum absolute atomic E-state index is 2.51. The molecule has 0 aliphatic rings. The summed E-state index contributed by atoms with van der Waals surface area (Å²) in [5.74, 6) is 0. The Morgan fingerprint density at radius 2 is 0.689 bits per heavy atom. The summed E-state index contributed by atoms with van der Waals surface area (Å²) in [7, 11) is 5.01. The fourth-order valence-corrected chi connectivity index (χ4v) is 7.35. The lowest BCUT2D eigenvalue weighted by molar-refractivity contribution is -0.921. The van der Waals surface area contributed by atoms with Gasteiger partial charge in [0.05, 0.1) is 20.6 Å². The first-order valence-electron chi connectivity index (χ1n) is 20.5. The van der Waals surface area contributed by atoms with Crippen molar-refractivity contribution in [3.8, 4) is 0 Å². The Kier molecular flexibility index (Phi) is 33.3. The van der Waals surface area contributed by atoms with Crippen LogP contribution in [-0.2, 0) is 0 Å². The summed E-state index contributed by atoms with van der Waals surface area (Å²) in [6, 6.07) is 12.1. The fraction of sp³-hybridized carbons (Fsp3) is 0.860. The molecule has 0 spiro atoms. The number of hydrogen-bond donors (Lipinski definition) is 0. The van der Waals surface area contributed by atoms with Crippen molar-refractivity contribution in [2.75, 3.05) is 20.6 Å². The van der Waals surface area contributed by atoms with Crippen molar-refractivity contribution in [1.29, 1.82) is 0 Å². The number of nitrogens with zero attached hydrogens (tertiary/aromatic N) is 1. The monoisotopic (exact) mass is 692 g/mol. The summed E-state index contributed by atoms with van der Waals surface area (Å²) < 4.78 is 1.15. The minimum atomic E-state index is 0. The summed E-state index contributed by atoms with van der Waals surface area (Å²) >= 11 is 0. The molecule has 1 aromatic rings. The third kappa shape index (κ3) is 27.3. The molecule has 1 rings (SSSR count). The SMILES string of the molecule is CCCCCCCCCCCCCCCCCC[N+](C)(C)C(CCCCCCCCCCCCCCCC)c1ccccc1.[Br-]. The van der Waals surface area contributed by atoms with Gasteiger partial charge in [0.25, 0.3) is 0 Å². The highest BCUT2D eigenvalue weighted by molar-refractivity contribution is 5.17. The molecule has 0 saturated heterocycles. The van der Waals surface area contributed by atoms with Crippen LogP contribution in [0.25, 0.3) is 0 Å². The molecule has 1 unspecified atom stereocenters. The van der Waals surface area contributed by atoms with Crippen molar-refractivity contribution in [2.45, 2.75) is 219 Å². The van der Waals surface area contributed by atoms with Gasteiger partial charge < -0.3 is 21.5 Å². The van der Waals surface area contributed by atoms with Crippen molar-refractivity contribution in [1.82, 2.24) is 0 Å². The van der Waals surface area contributed by atoms with Crippen LogP contribution in [0.3, 0.4) is 0 Å². The van der Waals surface area contributed by atoms with Crippen LogP contribution in [0, 0.1) is 0 Å². The van der Waals surface area contributed by atoms with Gasteiger partial charge in [0.2, 0.25) is 0 Å². The number of rotatable bonds is 34. The van der Waals surface area contributed by atoms with E-state index in [2.05, 4.69) is 58.3 Å². The second-order valence-corrected chi connectivity index (χ2v) is 15.1. The topological polar surface area (TPSA) is 0 Å². The molecule has 0 aromatic heterocycles. The van der Waals surface area contributed by atoms with Crippen LogP contribution >= 0.6 is 0 Å². The molecule has 0 radical (unpaired) electrons. The lowest BCUT2D eigenvalue weighted by Gasteiger charge is -2.39. The molecule has 45 heavy (non-hydrogen) atoms. The quantitative estimate of drug-likeness (QED) is 0.0498. The van der Waals surface area contributed by atoms with Crippen LogP contribution < -0.4 is 17.0 Å². The molecule has 0 aliphatic heterocycles. The van der Waals surface area contributed by atoms with E-state index in [1.807, 2.05) is 0 Å².